The first-order valence-electron chi connectivity index (χ1n) is 4.86. The Morgan fingerprint density at radius 3 is 2.65 bits per heavy atom. The van der Waals surface area contributed by atoms with E-state index in [0.29, 0.717) is 0 Å². The highest BCUT2D eigenvalue weighted by molar-refractivity contribution is 5.21. The van der Waals surface area contributed by atoms with Crippen LogP contribution < -0.4 is 10.5 Å². The second-order valence-corrected chi connectivity index (χ2v) is 3.63. The molecule has 8 heteroatoms. The fraction of sp³-hybridized carbons (Fsp3) is 0.556. The second-order valence-electron chi connectivity index (χ2n) is 3.63. The molecule has 1 aliphatic rings. The molecule has 94 valence electrons. The number of nitrogen functional groups attached to an aromatic ring is 1. The third-order valence-corrected chi connectivity index (χ3v) is 2.31. The highest BCUT2D eigenvalue weighted by atomic mass is 19.4. The Labute approximate surface area is 94.8 Å². The topological polar surface area (TPSA) is 70.3 Å². The molecule has 1 aliphatic heterocycles. The van der Waals surface area contributed by atoms with Gasteiger partial charge >= 0.3 is 6.18 Å². The van der Waals surface area contributed by atoms with E-state index in [1.165, 1.54) is 12.3 Å². The number of ether oxygens (including phenoxy) is 2. The van der Waals surface area contributed by atoms with E-state index in [4.69, 9.17) is 15.2 Å². The van der Waals surface area contributed by atoms with Crippen LogP contribution in [0, 0.1) is 5.92 Å². The minimum absolute atomic E-state index is 0.0325. The van der Waals surface area contributed by atoms with Crippen LogP contribution in [0.2, 0.25) is 0 Å². The molecule has 0 spiro atoms. The van der Waals surface area contributed by atoms with Crippen molar-refractivity contribution in [3.8, 4) is 5.88 Å². The zero-order chi connectivity index (χ0) is 12.5. The fourth-order valence-corrected chi connectivity index (χ4v) is 1.41. The van der Waals surface area contributed by atoms with Gasteiger partial charge in [0.1, 0.15) is 0 Å². The molecule has 5 nitrogen and oxygen atoms in total. The van der Waals surface area contributed by atoms with Crippen molar-refractivity contribution in [2.45, 2.75) is 12.3 Å². The molecule has 1 aromatic heterocycles. The molecular formula is C9H10F3N3O2. The number of hydrogen-bond donors (Lipinski definition) is 1. The molecule has 1 fully saturated rings. The normalized spacial score (nSPS) is 18.5. The Kier molecular flexibility index (Phi) is 3.05. The Hall–Kier alpha value is -1.57. The highest BCUT2D eigenvalue weighted by Gasteiger charge is 2.49. The summed E-state index contributed by atoms with van der Waals surface area (Å²) >= 11 is 0. The van der Waals surface area contributed by atoms with Crippen LogP contribution in [-0.4, -0.2) is 35.5 Å². The van der Waals surface area contributed by atoms with Gasteiger partial charge in [0.15, 0.2) is 0 Å². The van der Waals surface area contributed by atoms with Crippen LogP contribution in [0.25, 0.3) is 0 Å². The summed E-state index contributed by atoms with van der Waals surface area (Å²) in [6.45, 7) is 0.0650. The Balaban J connectivity index is 2.12. The molecule has 1 unspecified atom stereocenters. The lowest BCUT2D eigenvalue weighted by atomic mass is 10.0. The summed E-state index contributed by atoms with van der Waals surface area (Å²) < 4.78 is 47.7. The maximum atomic E-state index is 12.7. The van der Waals surface area contributed by atoms with Gasteiger partial charge < -0.3 is 15.2 Å². The van der Waals surface area contributed by atoms with Crippen LogP contribution in [0.5, 0.6) is 5.88 Å². The van der Waals surface area contributed by atoms with E-state index in [0.717, 1.165) is 0 Å². The Morgan fingerprint density at radius 2 is 2.18 bits per heavy atom. The standard InChI is InChI=1S/C9H10F3N3O2/c10-9(11,12)7(5-3-16-4-5)17-6-1-2-14-8(13)15-6/h1-2,5,7H,3-4H2,(H2,13,14,15). The second kappa shape index (κ2) is 4.36. The van der Waals surface area contributed by atoms with Crippen molar-refractivity contribution in [1.29, 1.82) is 0 Å². The average molecular weight is 249 g/mol. The monoisotopic (exact) mass is 249 g/mol. The van der Waals surface area contributed by atoms with Gasteiger partial charge in [-0.05, 0) is 0 Å². The third-order valence-electron chi connectivity index (χ3n) is 2.31. The molecular weight excluding hydrogens is 239 g/mol. The van der Waals surface area contributed by atoms with Crippen LogP contribution in [0.15, 0.2) is 12.3 Å². The van der Waals surface area contributed by atoms with Crippen molar-refractivity contribution in [3.63, 3.8) is 0 Å². The number of aromatic nitrogens is 2. The summed E-state index contributed by atoms with van der Waals surface area (Å²) in [5.74, 6) is -1.02. The summed E-state index contributed by atoms with van der Waals surface area (Å²) in [6.07, 6.45) is -5.15. The molecule has 0 radical (unpaired) electrons. The maximum Gasteiger partial charge on any atom is 0.425 e. The number of nitrogens with zero attached hydrogens (tertiary/aromatic N) is 2. The van der Waals surface area contributed by atoms with Gasteiger partial charge in [-0.25, -0.2) is 4.98 Å². The highest BCUT2D eigenvalue weighted by Crippen LogP contribution is 2.32. The first-order chi connectivity index (χ1) is 7.97. The van der Waals surface area contributed by atoms with E-state index in [-0.39, 0.29) is 25.0 Å². The zero-order valence-corrected chi connectivity index (χ0v) is 8.65. The fourth-order valence-electron chi connectivity index (χ4n) is 1.41. The van der Waals surface area contributed by atoms with Gasteiger partial charge in [-0.3, -0.25) is 0 Å². The van der Waals surface area contributed by atoms with Crippen molar-refractivity contribution in [2.75, 3.05) is 18.9 Å². The summed E-state index contributed by atoms with van der Waals surface area (Å²) in [7, 11) is 0. The van der Waals surface area contributed by atoms with Crippen LogP contribution in [0.1, 0.15) is 0 Å². The Morgan fingerprint density at radius 1 is 1.47 bits per heavy atom. The van der Waals surface area contributed by atoms with Crippen molar-refractivity contribution < 1.29 is 22.6 Å². The number of anilines is 1. The number of nitrogens with two attached hydrogens (primary N) is 1. The number of alkyl halides is 3. The summed E-state index contributed by atoms with van der Waals surface area (Å²) in [6, 6.07) is 1.23. The van der Waals surface area contributed by atoms with Crippen LogP contribution >= 0.6 is 0 Å². The van der Waals surface area contributed by atoms with Crippen LogP contribution in [0.3, 0.4) is 0 Å². The van der Waals surface area contributed by atoms with E-state index < -0.39 is 18.2 Å². The van der Waals surface area contributed by atoms with Gasteiger partial charge in [0.05, 0.1) is 19.1 Å². The molecule has 0 saturated carbocycles. The van der Waals surface area contributed by atoms with E-state index in [9.17, 15) is 13.2 Å². The van der Waals surface area contributed by atoms with Gasteiger partial charge in [0.2, 0.25) is 17.9 Å². The van der Waals surface area contributed by atoms with Crippen LogP contribution in [-0.2, 0) is 4.74 Å². The molecule has 2 heterocycles. The van der Waals surface area contributed by atoms with Gasteiger partial charge in [-0.15, -0.1) is 0 Å². The molecule has 2 rings (SSSR count). The molecule has 0 amide bonds. The van der Waals surface area contributed by atoms with Gasteiger partial charge in [0.25, 0.3) is 0 Å². The molecule has 17 heavy (non-hydrogen) atoms. The minimum atomic E-state index is -4.46. The predicted molar refractivity (Wildman–Crippen MR) is 51.2 cm³/mol. The molecule has 1 saturated heterocycles. The molecule has 1 atom stereocenters. The van der Waals surface area contributed by atoms with Crippen molar-refractivity contribution >= 4 is 5.95 Å². The summed E-state index contributed by atoms with van der Waals surface area (Å²) in [5, 5.41) is 0. The first kappa shape index (κ1) is 11.9. The average Bonchev–Trinajstić information content (AvgIpc) is 2.12. The summed E-state index contributed by atoms with van der Waals surface area (Å²) in [4.78, 5) is 7.14. The zero-order valence-electron chi connectivity index (χ0n) is 8.65. The van der Waals surface area contributed by atoms with E-state index >= 15 is 0 Å². The van der Waals surface area contributed by atoms with Crippen molar-refractivity contribution in [3.05, 3.63) is 12.3 Å². The SMILES string of the molecule is Nc1nccc(OC(C2COC2)C(F)(F)F)n1. The number of halogens is 3. The van der Waals surface area contributed by atoms with Crippen LogP contribution in [0.4, 0.5) is 19.1 Å². The Bertz CT molecular complexity index is 395. The lowest BCUT2D eigenvalue weighted by Crippen LogP contribution is -2.49. The molecule has 0 aromatic carbocycles. The molecule has 1 aromatic rings. The largest absolute Gasteiger partial charge is 0.464 e. The lowest BCUT2D eigenvalue weighted by molar-refractivity contribution is -0.239. The lowest BCUT2D eigenvalue weighted by Gasteiger charge is -2.34. The first-order valence-corrected chi connectivity index (χ1v) is 4.86. The quantitative estimate of drug-likeness (QED) is 0.865. The van der Waals surface area contributed by atoms with Gasteiger partial charge in [-0.1, -0.05) is 0 Å². The van der Waals surface area contributed by atoms with Gasteiger partial charge in [-0.2, -0.15) is 18.2 Å². The number of hydrogen-bond acceptors (Lipinski definition) is 5. The van der Waals surface area contributed by atoms with Gasteiger partial charge in [0, 0.05) is 12.3 Å². The molecule has 0 bridgehead atoms. The van der Waals surface area contributed by atoms with E-state index in [1.54, 1.807) is 0 Å². The third kappa shape index (κ3) is 2.76. The van der Waals surface area contributed by atoms with Crippen molar-refractivity contribution in [1.82, 2.24) is 9.97 Å². The smallest absolute Gasteiger partial charge is 0.425 e. The maximum absolute atomic E-state index is 12.7. The predicted octanol–water partition coefficient (Wildman–Crippen LogP) is 1.01. The van der Waals surface area contributed by atoms with E-state index in [1.807, 2.05) is 0 Å². The number of rotatable bonds is 3. The minimum Gasteiger partial charge on any atom is -0.464 e. The summed E-state index contributed by atoms with van der Waals surface area (Å²) in [5.41, 5.74) is 5.26. The van der Waals surface area contributed by atoms with Crippen molar-refractivity contribution in [2.24, 2.45) is 5.92 Å². The molecule has 2 N–H and O–H groups in total. The van der Waals surface area contributed by atoms with E-state index in [2.05, 4.69) is 9.97 Å². The molecule has 0 aliphatic carbocycles.